The molecule has 0 aliphatic carbocycles. The Morgan fingerprint density at radius 2 is 2.08 bits per heavy atom. The molecule has 0 aromatic heterocycles. The summed E-state index contributed by atoms with van der Waals surface area (Å²) in [7, 11) is 0. The number of hydrogen-bond acceptors (Lipinski definition) is 6. The number of amides is 1. The zero-order valence-electron chi connectivity index (χ0n) is 14.7. The molecule has 7 nitrogen and oxygen atoms in total. The molecule has 0 bridgehead atoms. The third kappa shape index (κ3) is 4.39. The zero-order valence-corrected chi connectivity index (χ0v) is 14.7. The molecule has 0 radical (unpaired) electrons. The van der Waals surface area contributed by atoms with Crippen molar-refractivity contribution in [2.75, 3.05) is 39.3 Å². The van der Waals surface area contributed by atoms with Gasteiger partial charge in [-0.25, -0.2) is 0 Å². The van der Waals surface area contributed by atoms with E-state index in [0.717, 1.165) is 39.0 Å². The highest BCUT2D eigenvalue weighted by Gasteiger charge is 2.33. The SMILES string of the molecule is CC(N)C(=O)N1CCCC(C2=NOCC(CN3CCCCC3)O2)C1. The average Bonchev–Trinajstić information content (AvgIpc) is 2.62. The van der Waals surface area contributed by atoms with Gasteiger partial charge in [0.05, 0.1) is 12.0 Å². The maximum absolute atomic E-state index is 12.1. The zero-order chi connectivity index (χ0) is 16.9. The Bertz CT molecular complexity index is 463. The van der Waals surface area contributed by atoms with Crippen LogP contribution in [0.25, 0.3) is 0 Å². The lowest BCUT2D eigenvalue weighted by atomic mass is 9.97. The summed E-state index contributed by atoms with van der Waals surface area (Å²) in [5, 5.41) is 4.14. The topological polar surface area (TPSA) is 80.4 Å². The van der Waals surface area contributed by atoms with Crippen LogP contribution in [0, 0.1) is 5.92 Å². The number of rotatable bonds is 4. The molecule has 3 heterocycles. The Kier molecular flexibility index (Phi) is 5.94. The van der Waals surface area contributed by atoms with E-state index < -0.39 is 6.04 Å². The van der Waals surface area contributed by atoms with Gasteiger partial charge in [-0.2, -0.15) is 0 Å². The molecule has 24 heavy (non-hydrogen) atoms. The monoisotopic (exact) mass is 338 g/mol. The molecule has 0 saturated carbocycles. The Balaban J connectivity index is 1.53. The van der Waals surface area contributed by atoms with E-state index in [-0.39, 0.29) is 17.9 Å². The van der Waals surface area contributed by atoms with Gasteiger partial charge in [-0.15, -0.1) is 0 Å². The van der Waals surface area contributed by atoms with Crippen LogP contribution >= 0.6 is 0 Å². The van der Waals surface area contributed by atoms with E-state index in [1.54, 1.807) is 6.92 Å². The number of hydrogen-bond donors (Lipinski definition) is 1. The van der Waals surface area contributed by atoms with Crippen LogP contribution in [0.1, 0.15) is 39.0 Å². The van der Waals surface area contributed by atoms with Gasteiger partial charge >= 0.3 is 0 Å². The molecule has 3 rings (SSSR count). The molecule has 2 fully saturated rings. The summed E-state index contributed by atoms with van der Waals surface area (Å²) < 4.78 is 6.13. The van der Waals surface area contributed by atoms with Gasteiger partial charge in [0, 0.05) is 19.6 Å². The van der Waals surface area contributed by atoms with Gasteiger partial charge < -0.3 is 20.2 Å². The van der Waals surface area contributed by atoms with Crippen LogP contribution in [0.2, 0.25) is 0 Å². The van der Waals surface area contributed by atoms with Crippen molar-refractivity contribution in [3.8, 4) is 0 Å². The van der Waals surface area contributed by atoms with Crippen LogP contribution in [-0.2, 0) is 14.4 Å². The highest BCUT2D eigenvalue weighted by molar-refractivity contribution is 5.83. The summed E-state index contributed by atoms with van der Waals surface area (Å²) in [6.45, 7) is 6.82. The van der Waals surface area contributed by atoms with E-state index in [1.165, 1.54) is 19.3 Å². The van der Waals surface area contributed by atoms with Gasteiger partial charge in [-0.1, -0.05) is 11.6 Å². The molecule has 0 aromatic rings. The first-order valence-electron chi connectivity index (χ1n) is 9.26. The molecule has 2 saturated heterocycles. The molecule has 0 aromatic carbocycles. The van der Waals surface area contributed by atoms with Crippen LogP contribution in [0.3, 0.4) is 0 Å². The number of piperidine rings is 2. The van der Waals surface area contributed by atoms with Crippen LogP contribution in [-0.4, -0.2) is 73.1 Å². The number of nitrogens with two attached hydrogens (primary N) is 1. The van der Waals surface area contributed by atoms with Gasteiger partial charge in [-0.3, -0.25) is 9.69 Å². The second-order valence-corrected chi connectivity index (χ2v) is 7.24. The van der Waals surface area contributed by atoms with E-state index in [2.05, 4.69) is 10.1 Å². The summed E-state index contributed by atoms with van der Waals surface area (Å²) >= 11 is 0. The number of likely N-dealkylation sites (tertiary alicyclic amines) is 2. The fraction of sp³-hybridized carbons (Fsp3) is 0.882. The highest BCUT2D eigenvalue weighted by atomic mass is 16.7. The van der Waals surface area contributed by atoms with E-state index in [1.807, 2.05) is 4.90 Å². The lowest BCUT2D eigenvalue weighted by molar-refractivity contribution is -0.133. The predicted molar refractivity (Wildman–Crippen MR) is 91.5 cm³/mol. The number of carbonyl (C=O) groups is 1. The van der Waals surface area contributed by atoms with Gasteiger partial charge in [0.1, 0.15) is 6.10 Å². The second kappa shape index (κ2) is 8.16. The molecular weight excluding hydrogens is 308 g/mol. The molecule has 3 aliphatic rings. The van der Waals surface area contributed by atoms with Gasteiger partial charge in [0.2, 0.25) is 11.8 Å². The van der Waals surface area contributed by atoms with E-state index in [0.29, 0.717) is 19.0 Å². The van der Waals surface area contributed by atoms with Gasteiger partial charge in [-0.05, 0) is 45.7 Å². The fourth-order valence-corrected chi connectivity index (χ4v) is 3.77. The van der Waals surface area contributed by atoms with Crippen LogP contribution in [0.4, 0.5) is 0 Å². The van der Waals surface area contributed by atoms with Crippen molar-refractivity contribution >= 4 is 11.8 Å². The molecule has 3 atom stereocenters. The van der Waals surface area contributed by atoms with E-state index in [9.17, 15) is 4.79 Å². The molecule has 3 aliphatic heterocycles. The first-order chi connectivity index (χ1) is 11.6. The van der Waals surface area contributed by atoms with Gasteiger partial charge in [0.15, 0.2) is 6.61 Å². The molecular formula is C17H30N4O3. The van der Waals surface area contributed by atoms with Gasteiger partial charge in [0.25, 0.3) is 0 Å². The summed E-state index contributed by atoms with van der Waals surface area (Å²) in [6, 6.07) is -0.457. The van der Waals surface area contributed by atoms with Crippen LogP contribution in [0.15, 0.2) is 5.16 Å². The Morgan fingerprint density at radius 1 is 1.29 bits per heavy atom. The molecule has 0 spiro atoms. The Hall–Kier alpha value is -1.34. The lowest BCUT2D eigenvalue weighted by Gasteiger charge is -2.36. The Labute approximate surface area is 144 Å². The van der Waals surface area contributed by atoms with Crippen molar-refractivity contribution in [3.63, 3.8) is 0 Å². The smallest absolute Gasteiger partial charge is 0.239 e. The summed E-state index contributed by atoms with van der Waals surface area (Å²) in [6.07, 6.45) is 5.83. The van der Waals surface area contributed by atoms with Crippen LogP contribution < -0.4 is 5.73 Å². The maximum Gasteiger partial charge on any atom is 0.239 e. The van der Waals surface area contributed by atoms with Crippen molar-refractivity contribution in [2.24, 2.45) is 16.8 Å². The third-order valence-electron chi connectivity index (χ3n) is 5.08. The third-order valence-corrected chi connectivity index (χ3v) is 5.08. The summed E-state index contributed by atoms with van der Waals surface area (Å²) in [4.78, 5) is 21.9. The van der Waals surface area contributed by atoms with Crippen molar-refractivity contribution in [1.29, 1.82) is 0 Å². The van der Waals surface area contributed by atoms with Crippen molar-refractivity contribution in [1.82, 2.24) is 9.80 Å². The average molecular weight is 338 g/mol. The normalized spacial score (nSPS) is 30.1. The van der Waals surface area contributed by atoms with Crippen molar-refractivity contribution < 1.29 is 14.4 Å². The number of nitrogens with zero attached hydrogens (tertiary/aromatic N) is 3. The predicted octanol–water partition coefficient (Wildman–Crippen LogP) is 0.787. The molecule has 136 valence electrons. The number of ether oxygens (including phenoxy) is 1. The lowest BCUT2D eigenvalue weighted by Crippen LogP contribution is -2.50. The quantitative estimate of drug-likeness (QED) is 0.820. The first-order valence-corrected chi connectivity index (χ1v) is 9.26. The summed E-state index contributed by atoms with van der Waals surface area (Å²) in [5.41, 5.74) is 5.73. The summed E-state index contributed by atoms with van der Waals surface area (Å²) in [5.74, 6) is 0.776. The van der Waals surface area contributed by atoms with Crippen molar-refractivity contribution in [3.05, 3.63) is 0 Å². The molecule has 3 unspecified atom stereocenters. The molecule has 7 heteroatoms. The minimum absolute atomic E-state index is 0.00175. The molecule has 1 amide bonds. The number of oxime groups is 1. The maximum atomic E-state index is 12.1. The largest absolute Gasteiger partial charge is 0.470 e. The minimum Gasteiger partial charge on any atom is -0.470 e. The Morgan fingerprint density at radius 3 is 2.83 bits per heavy atom. The van der Waals surface area contributed by atoms with E-state index >= 15 is 0 Å². The van der Waals surface area contributed by atoms with Crippen LogP contribution in [0.5, 0.6) is 0 Å². The minimum atomic E-state index is -0.457. The number of carbonyl (C=O) groups excluding carboxylic acids is 1. The second-order valence-electron chi connectivity index (χ2n) is 7.24. The highest BCUT2D eigenvalue weighted by Crippen LogP contribution is 2.22. The van der Waals surface area contributed by atoms with E-state index in [4.69, 9.17) is 15.3 Å². The standard InChI is InChI=1S/C17H30N4O3/c1-13(18)17(22)21-9-5-6-14(10-21)16-19-23-12-15(24-16)11-20-7-3-2-4-8-20/h13-15H,2-12,18H2,1H3. The fourth-order valence-electron chi connectivity index (χ4n) is 3.77. The molecule has 2 N–H and O–H groups in total. The van der Waals surface area contributed by atoms with Crippen molar-refractivity contribution in [2.45, 2.75) is 51.2 Å². The first kappa shape index (κ1) is 17.5.